The Morgan fingerprint density at radius 2 is 1.74 bits per heavy atom. The minimum Gasteiger partial charge on any atom is -0.396 e. The number of carbonyl (C=O) groups excluding carboxylic acids is 2. The fourth-order valence-electron chi connectivity index (χ4n) is 4.84. The zero-order chi connectivity index (χ0) is 19.6. The molecule has 1 N–H and O–H groups in total. The molecule has 5 heteroatoms. The highest BCUT2D eigenvalue weighted by Gasteiger charge is 2.41. The summed E-state index contributed by atoms with van der Waals surface area (Å²) in [6, 6.07) is 4.16. The molecular formula is C22H32N2O3. The summed E-state index contributed by atoms with van der Waals surface area (Å²) in [6.45, 7) is 9.15. The Hall–Kier alpha value is -1.88. The molecule has 2 heterocycles. The van der Waals surface area contributed by atoms with Crippen LogP contribution in [0.3, 0.4) is 0 Å². The highest BCUT2D eigenvalue weighted by Crippen LogP contribution is 2.40. The Morgan fingerprint density at radius 3 is 2.33 bits per heavy atom. The van der Waals surface area contributed by atoms with E-state index in [4.69, 9.17) is 5.11 Å². The molecule has 2 fully saturated rings. The maximum Gasteiger partial charge on any atom is 0.254 e. The monoisotopic (exact) mass is 372 g/mol. The third kappa shape index (κ3) is 4.18. The van der Waals surface area contributed by atoms with E-state index in [0.29, 0.717) is 19.4 Å². The molecule has 2 aliphatic heterocycles. The van der Waals surface area contributed by atoms with E-state index in [0.717, 1.165) is 55.6 Å². The largest absolute Gasteiger partial charge is 0.396 e. The van der Waals surface area contributed by atoms with Crippen LogP contribution in [-0.4, -0.2) is 59.5 Å². The molecule has 0 aromatic heterocycles. The molecule has 1 aromatic rings. The van der Waals surface area contributed by atoms with Crippen molar-refractivity contribution in [3.8, 4) is 0 Å². The van der Waals surface area contributed by atoms with Crippen LogP contribution < -0.4 is 0 Å². The molecule has 0 bridgehead atoms. The number of hydrogen-bond donors (Lipinski definition) is 1. The standard InChI is InChI=1S/C22H32N2O3/c1-16-13-17(2)20(18(3)14-16)21(27)23-10-7-22(8-11-23)6-5-19(26)24(15-22)9-4-12-25/h13-14,25H,4-12,15H2,1-3H3. The number of aliphatic hydroxyl groups is 1. The van der Waals surface area contributed by atoms with E-state index in [9.17, 15) is 9.59 Å². The number of nitrogens with zero attached hydrogens (tertiary/aromatic N) is 2. The number of benzene rings is 1. The number of aliphatic hydroxyl groups excluding tert-OH is 1. The Morgan fingerprint density at radius 1 is 1.11 bits per heavy atom. The van der Waals surface area contributed by atoms with Gasteiger partial charge in [-0.15, -0.1) is 0 Å². The highest BCUT2D eigenvalue weighted by molar-refractivity contribution is 5.97. The molecule has 148 valence electrons. The summed E-state index contributed by atoms with van der Waals surface area (Å²) in [5.74, 6) is 0.349. The van der Waals surface area contributed by atoms with E-state index in [-0.39, 0.29) is 23.8 Å². The van der Waals surface area contributed by atoms with Crippen LogP contribution in [0.4, 0.5) is 0 Å². The third-order valence-electron chi connectivity index (χ3n) is 6.34. The summed E-state index contributed by atoms with van der Waals surface area (Å²) in [5.41, 5.74) is 4.28. The first-order valence-electron chi connectivity index (χ1n) is 10.1. The van der Waals surface area contributed by atoms with Gasteiger partial charge in [0.15, 0.2) is 0 Å². The zero-order valence-corrected chi connectivity index (χ0v) is 16.9. The van der Waals surface area contributed by atoms with Crippen molar-refractivity contribution in [2.75, 3.05) is 32.8 Å². The lowest BCUT2D eigenvalue weighted by Gasteiger charge is -2.47. The second-order valence-corrected chi connectivity index (χ2v) is 8.46. The predicted molar refractivity (Wildman–Crippen MR) is 106 cm³/mol. The van der Waals surface area contributed by atoms with Crippen LogP contribution in [0.5, 0.6) is 0 Å². The molecule has 0 aliphatic carbocycles. The molecule has 1 spiro atoms. The van der Waals surface area contributed by atoms with Crippen LogP contribution >= 0.6 is 0 Å². The lowest BCUT2D eigenvalue weighted by atomic mass is 9.72. The number of carbonyl (C=O) groups is 2. The van der Waals surface area contributed by atoms with Crippen molar-refractivity contribution in [1.82, 2.24) is 9.80 Å². The molecule has 2 saturated heterocycles. The second-order valence-electron chi connectivity index (χ2n) is 8.46. The number of likely N-dealkylation sites (tertiary alicyclic amines) is 2. The van der Waals surface area contributed by atoms with E-state index in [1.165, 1.54) is 5.56 Å². The minimum atomic E-state index is 0.119. The summed E-state index contributed by atoms with van der Waals surface area (Å²) in [6.07, 6.45) is 4.05. The lowest BCUT2D eigenvalue weighted by molar-refractivity contribution is -0.139. The van der Waals surface area contributed by atoms with Crippen molar-refractivity contribution in [2.24, 2.45) is 5.41 Å². The maximum atomic E-state index is 13.1. The fraction of sp³-hybridized carbons (Fsp3) is 0.636. The molecule has 1 aromatic carbocycles. The SMILES string of the molecule is Cc1cc(C)c(C(=O)N2CCC3(CCC(=O)N(CCCO)C3)CC2)c(C)c1. The van der Waals surface area contributed by atoms with Crippen LogP contribution in [0.15, 0.2) is 12.1 Å². The second kappa shape index (κ2) is 8.01. The number of amides is 2. The van der Waals surface area contributed by atoms with Gasteiger partial charge in [0.05, 0.1) is 0 Å². The normalized spacial score (nSPS) is 19.6. The van der Waals surface area contributed by atoms with E-state index in [1.807, 2.05) is 23.6 Å². The van der Waals surface area contributed by atoms with Crippen molar-refractivity contribution < 1.29 is 14.7 Å². The smallest absolute Gasteiger partial charge is 0.254 e. The van der Waals surface area contributed by atoms with Gasteiger partial charge in [-0.2, -0.15) is 0 Å². The number of hydrogen-bond acceptors (Lipinski definition) is 3. The van der Waals surface area contributed by atoms with Crippen LogP contribution in [0.25, 0.3) is 0 Å². The minimum absolute atomic E-state index is 0.119. The molecule has 5 nitrogen and oxygen atoms in total. The van der Waals surface area contributed by atoms with E-state index in [2.05, 4.69) is 19.1 Å². The van der Waals surface area contributed by atoms with E-state index >= 15 is 0 Å². The maximum absolute atomic E-state index is 13.1. The van der Waals surface area contributed by atoms with Crippen molar-refractivity contribution in [2.45, 2.75) is 52.9 Å². The first-order valence-corrected chi connectivity index (χ1v) is 10.1. The van der Waals surface area contributed by atoms with E-state index in [1.54, 1.807) is 0 Å². The molecule has 0 unspecified atom stereocenters. The van der Waals surface area contributed by atoms with Crippen molar-refractivity contribution in [1.29, 1.82) is 0 Å². The lowest BCUT2D eigenvalue weighted by Crippen LogP contribution is -2.52. The van der Waals surface area contributed by atoms with E-state index < -0.39 is 0 Å². The van der Waals surface area contributed by atoms with Gasteiger partial charge in [-0.25, -0.2) is 0 Å². The summed E-state index contributed by atoms with van der Waals surface area (Å²) in [7, 11) is 0. The summed E-state index contributed by atoms with van der Waals surface area (Å²) < 4.78 is 0. The Balaban J connectivity index is 1.66. The zero-order valence-electron chi connectivity index (χ0n) is 16.9. The molecular weight excluding hydrogens is 340 g/mol. The van der Waals surface area contributed by atoms with Gasteiger partial charge in [0, 0.05) is 44.8 Å². The van der Waals surface area contributed by atoms with Crippen LogP contribution in [0.1, 0.15) is 59.2 Å². The average molecular weight is 373 g/mol. The van der Waals surface area contributed by atoms with Gasteiger partial charge in [0.1, 0.15) is 0 Å². The number of piperidine rings is 2. The third-order valence-corrected chi connectivity index (χ3v) is 6.34. The average Bonchev–Trinajstić information content (AvgIpc) is 2.62. The quantitative estimate of drug-likeness (QED) is 0.884. The van der Waals surface area contributed by atoms with Gasteiger partial charge in [0.25, 0.3) is 5.91 Å². The predicted octanol–water partition coefficient (Wildman–Crippen LogP) is 2.84. The molecule has 2 amide bonds. The van der Waals surface area contributed by atoms with Crippen LogP contribution in [0.2, 0.25) is 0 Å². The van der Waals surface area contributed by atoms with Crippen molar-refractivity contribution in [3.05, 3.63) is 34.4 Å². The van der Waals surface area contributed by atoms with Crippen LogP contribution in [-0.2, 0) is 4.79 Å². The summed E-state index contributed by atoms with van der Waals surface area (Å²) in [4.78, 5) is 29.2. The van der Waals surface area contributed by atoms with Gasteiger partial charge in [0.2, 0.25) is 5.91 Å². The number of aryl methyl sites for hydroxylation is 3. The van der Waals surface area contributed by atoms with Gasteiger partial charge in [-0.05, 0) is 63.0 Å². The van der Waals surface area contributed by atoms with Gasteiger partial charge < -0.3 is 14.9 Å². The Bertz CT molecular complexity index is 697. The first kappa shape index (κ1) is 19.9. The first-order chi connectivity index (χ1) is 12.8. The number of rotatable bonds is 4. The van der Waals surface area contributed by atoms with Crippen molar-refractivity contribution >= 4 is 11.8 Å². The van der Waals surface area contributed by atoms with Gasteiger partial charge in [-0.3, -0.25) is 9.59 Å². The van der Waals surface area contributed by atoms with Gasteiger partial charge >= 0.3 is 0 Å². The van der Waals surface area contributed by atoms with Gasteiger partial charge in [-0.1, -0.05) is 17.7 Å². The molecule has 3 rings (SSSR count). The Labute approximate surface area is 162 Å². The molecule has 0 saturated carbocycles. The summed E-state index contributed by atoms with van der Waals surface area (Å²) in [5, 5.41) is 9.07. The topological polar surface area (TPSA) is 60.9 Å². The summed E-state index contributed by atoms with van der Waals surface area (Å²) >= 11 is 0. The fourth-order valence-corrected chi connectivity index (χ4v) is 4.84. The molecule has 0 atom stereocenters. The van der Waals surface area contributed by atoms with Crippen LogP contribution in [0, 0.1) is 26.2 Å². The highest BCUT2D eigenvalue weighted by atomic mass is 16.3. The molecule has 2 aliphatic rings. The molecule has 27 heavy (non-hydrogen) atoms. The Kier molecular flexibility index (Phi) is 5.89. The van der Waals surface area contributed by atoms with Crippen molar-refractivity contribution in [3.63, 3.8) is 0 Å². The molecule has 0 radical (unpaired) electrons.